The fraction of sp³-hybridized carbons (Fsp3) is 0.647. The van der Waals surface area contributed by atoms with Crippen LogP contribution in [0.4, 0.5) is 0 Å². The minimum Gasteiger partial charge on any atom is -0.497 e. The Balaban J connectivity index is 1.46. The lowest BCUT2D eigenvalue weighted by atomic mass is 10.2. The molecule has 0 bridgehead atoms. The molecule has 1 N–H and O–H groups in total. The highest BCUT2D eigenvalue weighted by Gasteiger charge is 2.12. The summed E-state index contributed by atoms with van der Waals surface area (Å²) in [5.41, 5.74) is 0. The molecule has 1 aliphatic rings. The summed E-state index contributed by atoms with van der Waals surface area (Å²) in [7, 11) is 1.68. The Kier molecular flexibility index (Phi) is 7.39. The van der Waals surface area contributed by atoms with E-state index in [4.69, 9.17) is 14.2 Å². The van der Waals surface area contributed by atoms with Crippen LogP contribution < -0.4 is 14.4 Å². The van der Waals surface area contributed by atoms with Gasteiger partial charge in [-0.3, -0.25) is 0 Å². The van der Waals surface area contributed by atoms with Gasteiger partial charge in [0.05, 0.1) is 33.5 Å². The van der Waals surface area contributed by atoms with E-state index in [0.717, 1.165) is 37.7 Å². The first-order chi connectivity index (χ1) is 10.4. The fourth-order valence-corrected chi connectivity index (χ4v) is 2.60. The lowest BCUT2D eigenvalue weighted by molar-refractivity contribution is -0.908. The van der Waals surface area contributed by atoms with Crippen LogP contribution >= 0.6 is 0 Å². The summed E-state index contributed by atoms with van der Waals surface area (Å²) in [4.78, 5) is 1.70. The molecule has 4 nitrogen and oxygen atoms in total. The molecule has 4 heteroatoms. The maximum absolute atomic E-state index is 5.72. The molecule has 1 aliphatic heterocycles. The van der Waals surface area contributed by atoms with Gasteiger partial charge in [0.2, 0.25) is 0 Å². The van der Waals surface area contributed by atoms with Crippen LogP contribution in [0.5, 0.6) is 11.5 Å². The topological polar surface area (TPSA) is 32.1 Å². The Hall–Kier alpha value is -1.26. The minimum atomic E-state index is 0.802. The predicted octanol–water partition coefficient (Wildman–Crippen LogP) is 1.55. The van der Waals surface area contributed by atoms with Crippen LogP contribution in [0.3, 0.4) is 0 Å². The van der Waals surface area contributed by atoms with Gasteiger partial charge < -0.3 is 19.1 Å². The van der Waals surface area contributed by atoms with Crippen molar-refractivity contribution in [3.63, 3.8) is 0 Å². The van der Waals surface area contributed by atoms with Gasteiger partial charge in [0, 0.05) is 0 Å². The first kappa shape index (κ1) is 16.1. The molecular formula is C17H28NO3+. The number of hydrogen-bond donors (Lipinski definition) is 1. The fourth-order valence-electron chi connectivity index (χ4n) is 2.60. The first-order valence-corrected chi connectivity index (χ1v) is 8.06. The number of morpholine rings is 1. The third kappa shape index (κ3) is 6.36. The number of nitrogens with one attached hydrogen (secondary N) is 1. The summed E-state index contributed by atoms with van der Waals surface area (Å²) in [6.45, 7) is 6.33. The van der Waals surface area contributed by atoms with Gasteiger partial charge in [-0.05, 0) is 49.9 Å². The minimum absolute atomic E-state index is 0.802. The van der Waals surface area contributed by atoms with Crippen LogP contribution in [0.15, 0.2) is 24.3 Å². The van der Waals surface area contributed by atoms with Gasteiger partial charge in [-0.15, -0.1) is 0 Å². The molecule has 1 aromatic carbocycles. The quantitative estimate of drug-likeness (QED) is 0.701. The lowest BCUT2D eigenvalue weighted by Gasteiger charge is -2.23. The Morgan fingerprint density at radius 3 is 2.33 bits per heavy atom. The van der Waals surface area contributed by atoms with E-state index in [9.17, 15) is 0 Å². The van der Waals surface area contributed by atoms with Crippen molar-refractivity contribution in [3.8, 4) is 11.5 Å². The van der Waals surface area contributed by atoms with Gasteiger partial charge in [-0.1, -0.05) is 0 Å². The third-order valence-electron chi connectivity index (χ3n) is 3.95. The molecule has 0 spiro atoms. The van der Waals surface area contributed by atoms with Crippen molar-refractivity contribution in [1.82, 2.24) is 0 Å². The SMILES string of the molecule is COc1ccc(OCCCCCC[NH+]2CCOCC2)cc1. The second-order valence-corrected chi connectivity index (χ2v) is 5.55. The second-order valence-electron chi connectivity index (χ2n) is 5.55. The second kappa shape index (κ2) is 9.64. The van der Waals surface area contributed by atoms with Crippen molar-refractivity contribution in [2.24, 2.45) is 0 Å². The summed E-state index contributed by atoms with van der Waals surface area (Å²) < 4.78 is 16.2. The highest BCUT2D eigenvalue weighted by Crippen LogP contribution is 2.17. The maximum atomic E-state index is 5.72. The molecule has 0 radical (unpaired) electrons. The molecule has 0 amide bonds. The highest BCUT2D eigenvalue weighted by molar-refractivity contribution is 5.31. The monoisotopic (exact) mass is 294 g/mol. The summed E-state index contributed by atoms with van der Waals surface area (Å²) >= 11 is 0. The molecule has 1 fully saturated rings. The molecular weight excluding hydrogens is 266 g/mol. The van der Waals surface area contributed by atoms with Gasteiger partial charge >= 0.3 is 0 Å². The summed E-state index contributed by atoms with van der Waals surface area (Å²) in [6.07, 6.45) is 5.00. The predicted molar refractivity (Wildman–Crippen MR) is 83.3 cm³/mol. The molecule has 1 aromatic rings. The third-order valence-corrected chi connectivity index (χ3v) is 3.95. The molecule has 0 saturated carbocycles. The van der Waals surface area contributed by atoms with Crippen LogP contribution in [-0.2, 0) is 4.74 Å². The average molecular weight is 294 g/mol. The number of hydrogen-bond acceptors (Lipinski definition) is 3. The molecule has 0 atom stereocenters. The lowest BCUT2D eigenvalue weighted by Crippen LogP contribution is -3.14. The van der Waals surface area contributed by atoms with Crippen molar-refractivity contribution in [2.45, 2.75) is 25.7 Å². The Bertz CT molecular complexity index is 374. The van der Waals surface area contributed by atoms with Gasteiger partial charge in [-0.2, -0.15) is 0 Å². The zero-order chi connectivity index (χ0) is 14.8. The van der Waals surface area contributed by atoms with Crippen LogP contribution in [-0.4, -0.2) is 46.6 Å². The van der Waals surface area contributed by atoms with Crippen LogP contribution in [0, 0.1) is 0 Å². The van der Waals surface area contributed by atoms with Crippen molar-refractivity contribution in [3.05, 3.63) is 24.3 Å². The van der Waals surface area contributed by atoms with Crippen LogP contribution in [0.25, 0.3) is 0 Å². The van der Waals surface area contributed by atoms with Crippen molar-refractivity contribution in [1.29, 1.82) is 0 Å². The molecule has 0 unspecified atom stereocenters. The molecule has 2 rings (SSSR count). The van der Waals surface area contributed by atoms with E-state index >= 15 is 0 Å². The Morgan fingerprint density at radius 2 is 1.62 bits per heavy atom. The van der Waals surface area contributed by atoms with Gasteiger partial charge in [0.25, 0.3) is 0 Å². The molecule has 21 heavy (non-hydrogen) atoms. The summed E-state index contributed by atoms with van der Waals surface area (Å²) in [5.74, 6) is 1.79. The molecule has 1 saturated heterocycles. The van der Waals surface area contributed by atoms with Crippen molar-refractivity contribution in [2.75, 3.05) is 46.6 Å². The van der Waals surface area contributed by atoms with E-state index in [2.05, 4.69) is 0 Å². The van der Waals surface area contributed by atoms with Crippen molar-refractivity contribution < 1.29 is 19.1 Å². The van der Waals surface area contributed by atoms with Gasteiger partial charge in [0.15, 0.2) is 0 Å². The number of methoxy groups -OCH3 is 1. The van der Waals surface area contributed by atoms with E-state index in [1.165, 1.54) is 38.9 Å². The zero-order valence-electron chi connectivity index (χ0n) is 13.1. The van der Waals surface area contributed by atoms with E-state index < -0.39 is 0 Å². The van der Waals surface area contributed by atoms with E-state index in [1.807, 2.05) is 24.3 Å². The Morgan fingerprint density at radius 1 is 0.952 bits per heavy atom. The molecule has 1 heterocycles. The number of quaternary nitrogens is 1. The van der Waals surface area contributed by atoms with Crippen molar-refractivity contribution >= 4 is 0 Å². The van der Waals surface area contributed by atoms with Crippen LogP contribution in [0.1, 0.15) is 25.7 Å². The molecule has 0 aliphatic carbocycles. The standard InChI is InChI=1S/C17H27NO3/c1-19-16-6-8-17(9-7-16)21-13-5-3-2-4-10-18-11-14-20-15-12-18/h6-9H,2-5,10-15H2,1H3/p+1. The average Bonchev–Trinajstić information content (AvgIpc) is 2.55. The number of rotatable bonds is 9. The van der Waals surface area contributed by atoms with Gasteiger partial charge in [0.1, 0.15) is 24.6 Å². The first-order valence-electron chi connectivity index (χ1n) is 8.06. The smallest absolute Gasteiger partial charge is 0.119 e. The summed E-state index contributed by atoms with van der Waals surface area (Å²) in [5, 5.41) is 0. The van der Waals surface area contributed by atoms with E-state index in [0.29, 0.717) is 0 Å². The van der Waals surface area contributed by atoms with Crippen LogP contribution in [0.2, 0.25) is 0 Å². The highest BCUT2D eigenvalue weighted by atomic mass is 16.5. The summed E-state index contributed by atoms with van der Waals surface area (Å²) in [6, 6.07) is 7.78. The van der Waals surface area contributed by atoms with E-state index in [-0.39, 0.29) is 0 Å². The zero-order valence-corrected chi connectivity index (χ0v) is 13.1. The number of ether oxygens (including phenoxy) is 3. The number of benzene rings is 1. The molecule has 118 valence electrons. The normalized spacial score (nSPS) is 15.9. The maximum Gasteiger partial charge on any atom is 0.119 e. The van der Waals surface area contributed by atoms with E-state index in [1.54, 1.807) is 12.0 Å². The Labute approximate surface area is 128 Å². The number of unbranched alkanes of at least 4 members (excludes halogenated alkanes) is 3. The molecule has 0 aromatic heterocycles. The largest absolute Gasteiger partial charge is 0.497 e. The van der Waals surface area contributed by atoms with Gasteiger partial charge in [-0.25, -0.2) is 0 Å².